The van der Waals surface area contributed by atoms with Gasteiger partial charge in [0.05, 0.1) is 0 Å². The van der Waals surface area contributed by atoms with E-state index in [2.05, 4.69) is 103 Å². The van der Waals surface area contributed by atoms with Crippen molar-refractivity contribution < 1.29 is 5.11 Å². The van der Waals surface area contributed by atoms with E-state index in [1.54, 1.807) is 0 Å². The summed E-state index contributed by atoms with van der Waals surface area (Å²) in [5.74, 6) is 0.308. The van der Waals surface area contributed by atoms with Crippen LogP contribution in [-0.4, -0.2) is 23.5 Å². The molecular formula is C24H20OSn. The van der Waals surface area contributed by atoms with Crippen LogP contribution in [0.25, 0.3) is 0 Å². The topological polar surface area (TPSA) is 20.2 Å². The molecule has 1 N–H and O–H groups in total. The Morgan fingerprint density at radius 2 is 0.692 bits per heavy atom. The van der Waals surface area contributed by atoms with Crippen molar-refractivity contribution in [3.63, 3.8) is 0 Å². The summed E-state index contributed by atoms with van der Waals surface area (Å²) in [6, 6.07) is 40.5. The molecule has 1 nitrogen and oxygen atoms in total. The maximum atomic E-state index is 9.86. The van der Waals surface area contributed by atoms with Gasteiger partial charge in [-0.05, 0) is 0 Å². The molecule has 0 aromatic heterocycles. The Labute approximate surface area is 158 Å². The van der Waals surface area contributed by atoms with Crippen molar-refractivity contribution >= 4 is 32.7 Å². The molecule has 126 valence electrons. The molecule has 2 heteroatoms. The molecule has 4 aromatic rings. The first-order valence-electron chi connectivity index (χ1n) is 8.78. The molecule has 4 aromatic carbocycles. The number of aromatic hydroxyl groups is 1. The van der Waals surface area contributed by atoms with Gasteiger partial charge in [-0.2, -0.15) is 0 Å². The van der Waals surface area contributed by atoms with E-state index in [9.17, 15) is 5.11 Å². The zero-order chi connectivity index (χ0) is 17.8. The molecule has 0 heterocycles. The number of hydrogen-bond donors (Lipinski definition) is 1. The Kier molecular flexibility index (Phi) is 4.80. The molecule has 0 atom stereocenters. The van der Waals surface area contributed by atoms with Gasteiger partial charge in [0.2, 0.25) is 0 Å². The molecule has 0 unspecified atom stereocenters. The molecule has 0 saturated heterocycles. The molecule has 0 spiro atoms. The van der Waals surface area contributed by atoms with Gasteiger partial charge in [-0.3, -0.25) is 0 Å². The average molecular weight is 443 g/mol. The molecule has 0 radical (unpaired) electrons. The van der Waals surface area contributed by atoms with E-state index in [1.807, 2.05) is 12.1 Å². The fourth-order valence-corrected chi connectivity index (χ4v) is 17.3. The predicted molar refractivity (Wildman–Crippen MR) is 112 cm³/mol. The third-order valence-electron chi connectivity index (χ3n) is 4.92. The summed E-state index contributed by atoms with van der Waals surface area (Å²) < 4.78 is 5.56. The van der Waals surface area contributed by atoms with Crippen molar-refractivity contribution in [2.45, 2.75) is 0 Å². The summed E-state index contributed by atoms with van der Waals surface area (Å²) in [6.45, 7) is 0. The van der Waals surface area contributed by atoms with Crippen LogP contribution in [-0.2, 0) is 0 Å². The van der Waals surface area contributed by atoms with Gasteiger partial charge < -0.3 is 0 Å². The van der Waals surface area contributed by atoms with Crippen molar-refractivity contribution in [2.75, 3.05) is 0 Å². The van der Waals surface area contributed by atoms with Crippen LogP contribution in [0.3, 0.4) is 0 Å². The molecule has 0 amide bonds. The fraction of sp³-hybridized carbons (Fsp3) is 0. The molecule has 0 aliphatic rings. The van der Waals surface area contributed by atoms with Gasteiger partial charge in [0.1, 0.15) is 0 Å². The van der Waals surface area contributed by atoms with Crippen LogP contribution in [0.1, 0.15) is 0 Å². The molecular weight excluding hydrogens is 423 g/mol. The van der Waals surface area contributed by atoms with Crippen molar-refractivity contribution in [3.05, 3.63) is 115 Å². The second kappa shape index (κ2) is 7.38. The predicted octanol–water partition coefficient (Wildman–Crippen LogP) is 2.77. The Balaban J connectivity index is 2.12. The Bertz CT molecular complexity index is 868. The van der Waals surface area contributed by atoms with Gasteiger partial charge in [0.15, 0.2) is 0 Å². The van der Waals surface area contributed by atoms with Crippen LogP contribution >= 0.6 is 0 Å². The first-order chi connectivity index (χ1) is 12.8. The van der Waals surface area contributed by atoms with E-state index in [0.717, 1.165) is 0 Å². The minimum absolute atomic E-state index is 0.308. The summed E-state index contributed by atoms with van der Waals surface area (Å²) >= 11 is -3.45. The van der Waals surface area contributed by atoms with Gasteiger partial charge in [-0.1, -0.05) is 0 Å². The molecule has 0 bridgehead atoms. The monoisotopic (exact) mass is 444 g/mol. The third kappa shape index (κ3) is 2.93. The zero-order valence-electron chi connectivity index (χ0n) is 14.4. The molecule has 4 rings (SSSR count). The Morgan fingerprint density at radius 1 is 0.385 bits per heavy atom. The quantitative estimate of drug-likeness (QED) is 0.482. The van der Waals surface area contributed by atoms with E-state index in [-0.39, 0.29) is 0 Å². The summed E-state index contributed by atoms with van der Waals surface area (Å²) in [7, 11) is 0. The Morgan fingerprint density at radius 3 is 1.04 bits per heavy atom. The van der Waals surface area contributed by atoms with Crippen LogP contribution in [0.5, 0.6) is 5.75 Å². The van der Waals surface area contributed by atoms with Crippen molar-refractivity contribution in [1.29, 1.82) is 0 Å². The molecule has 0 aliphatic heterocycles. The second-order valence-corrected chi connectivity index (χ2v) is 17.3. The molecule has 26 heavy (non-hydrogen) atoms. The molecule has 0 saturated carbocycles. The summed E-state index contributed by atoms with van der Waals surface area (Å²) in [5, 5.41) is 9.86. The van der Waals surface area contributed by atoms with E-state index in [1.165, 1.54) is 14.3 Å². The fourth-order valence-electron chi connectivity index (χ4n) is 3.78. The van der Waals surface area contributed by atoms with Gasteiger partial charge in [0, 0.05) is 0 Å². The van der Waals surface area contributed by atoms with Gasteiger partial charge in [-0.25, -0.2) is 0 Å². The van der Waals surface area contributed by atoms with E-state index in [0.29, 0.717) is 5.75 Å². The van der Waals surface area contributed by atoms with Crippen LogP contribution in [0, 0.1) is 0 Å². The molecule has 0 fully saturated rings. The second-order valence-electron chi connectivity index (χ2n) is 6.39. The number of benzene rings is 4. The van der Waals surface area contributed by atoms with Crippen molar-refractivity contribution in [2.24, 2.45) is 0 Å². The van der Waals surface area contributed by atoms with Gasteiger partial charge >= 0.3 is 159 Å². The number of hydrogen-bond acceptors (Lipinski definition) is 1. The zero-order valence-corrected chi connectivity index (χ0v) is 17.3. The summed E-state index contributed by atoms with van der Waals surface area (Å²) in [5.41, 5.74) is 0. The van der Waals surface area contributed by atoms with Crippen LogP contribution in [0.4, 0.5) is 0 Å². The number of phenolic OH excluding ortho intramolecular Hbond substituents is 1. The first kappa shape index (κ1) is 16.9. The van der Waals surface area contributed by atoms with Crippen molar-refractivity contribution in [1.82, 2.24) is 0 Å². The SMILES string of the molecule is Oc1cc[c]([Sn]([c]2ccccc2)([c]2ccccc2)[c]2ccccc2)cc1. The maximum absolute atomic E-state index is 9.86. The number of rotatable bonds is 4. The third-order valence-corrected chi connectivity index (χ3v) is 18.6. The minimum atomic E-state index is -3.45. The van der Waals surface area contributed by atoms with Crippen LogP contribution in [0.15, 0.2) is 115 Å². The van der Waals surface area contributed by atoms with Crippen LogP contribution in [0.2, 0.25) is 0 Å². The average Bonchev–Trinajstić information content (AvgIpc) is 2.72. The van der Waals surface area contributed by atoms with Gasteiger partial charge in [0.25, 0.3) is 0 Å². The van der Waals surface area contributed by atoms with E-state index < -0.39 is 18.4 Å². The standard InChI is InChI=1S/C6H5O.3C6H5.Sn/c7-6-4-2-1-3-5-6;3*1-2-4-6-5-3-1;/h2-5,7H;3*1-5H;. The van der Waals surface area contributed by atoms with E-state index >= 15 is 0 Å². The molecule has 0 aliphatic carbocycles. The van der Waals surface area contributed by atoms with Gasteiger partial charge in [-0.15, -0.1) is 0 Å². The Hall–Kier alpha value is -2.52. The number of phenols is 1. The summed E-state index contributed by atoms with van der Waals surface area (Å²) in [6.07, 6.45) is 0. The van der Waals surface area contributed by atoms with E-state index in [4.69, 9.17) is 0 Å². The van der Waals surface area contributed by atoms with Crippen LogP contribution < -0.4 is 14.3 Å². The summed E-state index contributed by atoms with van der Waals surface area (Å²) in [4.78, 5) is 0. The first-order valence-corrected chi connectivity index (χ1v) is 14.5. The normalized spacial score (nSPS) is 11.2. The van der Waals surface area contributed by atoms with Crippen molar-refractivity contribution in [3.8, 4) is 5.75 Å².